The normalized spacial score (nSPS) is 21.7. The summed E-state index contributed by atoms with van der Waals surface area (Å²) < 4.78 is 5.63. The summed E-state index contributed by atoms with van der Waals surface area (Å²) in [4.78, 5) is 25.7. The van der Waals surface area contributed by atoms with Crippen LogP contribution in [0.2, 0.25) is 0 Å². The van der Waals surface area contributed by atoms with Gasteiger partial charge in [0.15, 0.2) is 0 Å². The van der Waals surface area contributed by atoms with E-state index in [0.717, 1.165) is 32.0 Å². The average Bonchev–Trinajstić information content (AvgIpc) is 2.78. The van der Waals surface area contributed by atoms with Crippen LogP contribution < -0.4 is 0 Å². The van der Waals surface area contributed by atoms with Gasteiger partial charge in [0.2, 0.25) is 0 Å². The molecule has 0 radical (unpaired) electrons. The number of carbonyl (C=O) groups excluding carboxylic acids is 2. The van der Waals surface area contributed by atoms with Crippen LogP contribution in [0.15, 0.2) is 0 Å². The lowest BCUT2D eigenvalue weighted by Gasteiger charge is -2.43. The number of aldehydes is 1. The maximum Gasteiger partial charge on any atom is 0.410 e. The number of ether oxygens (including phenoxy) is 1. The van der Waals surface area contributed by atoms with Gasteiger partial charge in [-0.2, -0.15) is 0 Å². The Kier molecular flexibility index (Phi) is 5.28. The fourth-order valence-electron chi connectivity index (χ4n) is 3.51. The van der Waals surface area contributed by atoms with Crippen LogP contribution in [0.5, 0.6) is 0 Å². The van der Waals surface area contributed by atoms with Crippen molar-refractivity contribution < 1.29 is 14.3 Å². The summed E-state index contributed by atoms with van der Waals surface area (Å²) in [6.07, 6.45) is 9.08. The van der Waals surface area contributed by atoms with Crippen LogP contribution in [0.25, 0.3) is 0 Å². The minimum absolute atomic E-state index is 0.0363. The summed E-state index contributed by atoms with van der Waals surface area (Å²) in [7, 11) is 0. The molecule has 0 spiro atoms. The van der Waals surface area contributed by atoms with Gasteiger partial charge in [0.05, 0.1) is 0 Å². The molecule has 2 aliphatic carbocycles. The van der Waals surface area contributed by atoms with Crippen molar-refractivity contribution in [2.45, 2.75) is 89.8 Å². The van der Waals surface area contributed by atoms with E-state index in [2.05, 4.69) is 0 Å². The Bertz CT molecular complexity index is 365. The third-order valence-electron chi connectivity index (χ3n) is 4.71. The molecule has 4 heteroatoms. The van der Waals surface area contributed by atoms with Crippen LogP contribution >= 0.6 is 0 Å². The molecule has 0 bridgehead atoms. The first-order valence-electron chi connectivity index (χ1n) is 8.37. The zero-order valence-electron chi connectivity index (χ0n) is 13.6. The lowest BCUT2D eigenvalue weighted by Crippen LogP contribution is -2.52. The van der Waals surface area contributed by atoms with Crippen molar-refractivity contribution >= 4 is 12.4 Å². The molecular formula is C17H29NO3. The molecule has 0 saturated heterocycles. The van der Waals surface area contributed by atoms with E-state index in [4.69, 9.17) is 4.74 Å². The number of carbonyl (C=O) groups is 2. The molecule has 2 rings (SSSR count). The van der Waals surface area contributed by atoms with Gasteiger partial charge in [0, 0.05) is 18.5 Å². The molecule has 4 nitrogen and oxygen atoms in total. The van der Waals surface area contributed by atoms with E-state index in [0.29, 0.717) is 12.3 Å². The Morgan fingerprint density at radius 2 is 1.81 bits per heavy atom. The van der Waals surface area contributed by atoms with Gasteiger partial charge in [-0.25, -0.2) is 4.79 Å². The highest BCUT2D eigenvalue weighted by Crippen LogP contribution is 2.37. The second-order valence-corrected chi connectivity index (χ2v) is 7.49. The molecule has 0 N–H and O–H groups in total. The highest BCUT2D eigenvalue weighted by Gasteiger charge is 2.40. The molecule has 2 aliphatic rings. The second-order valence-electron chi connectivity index (χ2n) is 7.49. The maximum absolute atomic E-state index is 12.7. The quantitative estimate of drug-likeness (QED) is 0.722. The van der Waals surface area contributed by atoms with Gasteiger partial charge in [0.25, 0.3) is 0 Å². The number of nitrogens with zero attached hydrogens (tertiary/aromatic N) is 1. The zero-order valence-corrected chi connectivity index (χ0v) is 13.6. The molecular weight excluding hydrogens is 266 g/mol. The van der Waals surface area contributed by atoms with Gasteiger partial charge in [-0.05, 0) is 52.4 Å². The van der Waals surface area contributed by atoms with E-state index in [1.165, 1.54) is 19.3 Å². The Morgan fingerprint density at radius 3 is 2.24 bits per heavy atom. The lowest BCUT2D eigenvalue weighted by atomic mass is 9.77. The summed E-state index contributed by atoms with van der Waals surface area (Å²) in [5.41, 5.74) is -0.487. The molecule has 120 valence electrons. The maximum atomic E-state index is 12.7. The molecule has 1 unspecified atom stereocenters. The van der Waals surface area contributed by atoms with E-state index in [1.807, 2.05) is 25.7 Å². The average molecular weight is 295 g/mol. The largest absolute Gasteiger partial charge is 0.444 e. The summed E-state index contributed by atoms with van der Waals surface area (Å²) in [6.45, 7) is 5.70. The van der Waals surface area contributed by atoms with E-state index >= 15 is 0 Å². The predicted octanol–water partition coefficient (Wildman–Crippen LogP) is 3.92. The van der Waals surface area contributed by atoms with E-state index in [1.54, 1.807) is 0 Å². The van der Waals surface area contributed by atoms with Gasteiger partial charge in [-0.15, -0.1) is 0 Å². The monoisotopic (exact) mass is 295 g/mol. The van der Waals surface area contributed by atoms with Crippen molar-refractivity contribution in [3.8, 4) is 0 Å². The molecule has 0 aliphatic heterocycles. The van der Waals surface area contributed by atoms with Crippen LogP contribution in [0.3, 0.4) is 0 Å². The van der Waals surface area contributed by atoms with Gasteiger partial charge in [-0.1, -0.05) is 19.3 Å². The van der Waals surface area contributed by atoms with Crippen molar-refractivity contribution in [2.75, 3.05) is 0 Å². The van der Waals surface area contributed by atoms with Crippen molar-refractivity contribution in [2.24, 2.45) is 5.92 Å². The van der Waals surface area contributed by atoms with Crippen LogP contribution in [0.1, 0.15) is 72.1 Å². The van der Waals surface area contributed by atoms with Crippen LogP contribution in [-0.4, -0.2) is 35.0 Å². The summed E-state index contributed by atoms with van der Waals surface area (Å²) in [6, 6.07) is 0.291. The standard InChI is InChI=1S/C17H29NO3/c1-17(2,3)21-16(20)18(14-9-4-5-10-14)15(11-12-19)13-7-6-8-13/h12-15H,4-11H2,1-3H3. The highest BCUT2D eigenvalue weighted by atomic mass is 16.6. The Balaban J connectivity index is 2.16. The van der Waals surface area contributed by atoms with Crippen molar-refractivity contribution in [3.05, 3.63) is 0 Å². The van der Waals surface area contributed by atoms with E-state index in [-0.39, 0.29) is 18.2 Å². The minimum Gasteiger partial charge on any atom is -0.444 e. The molecule has 2 fully saturated rings. The SMILES string of the molecule is CC(C)(C)OC(=O)N(C1CCCC1)C(CC=O)C1CCC1. The number of rotatable bonds is 5. The predicted molar refractivity (Wildman–Crippen MR) is 82.1 cm³/mol. The summed E-state index contributed by atoms with van der Waals surface area (Å²) in [5, 5.41) is 0. The van der Waals surface area contributed by atoms with Crippen LogP contribution in [-0.2, 0) is 9.53 Å². The summed E-state index contributed by atoms with van der Waals surface area (Å²) >= 11 is 0. The van der Waals surface area contributed by atoms with Crippen molar-refractivity contribution in [3.63, 3.8) is 0 Å². The molecule has 2 saturated carbocycles. The lowest BCUT2D eigenvalue weighted by molar-refractivity contribution is -0.110. The van der Waals surface area contributed by atoms with Gasteiger partial charge >= 0.3 is 6.09 Å². The Morgan fingerprint density at radius 1 is 1.19 bits per heavy atom. The second kappa shape index (κ2) is 6.80. The molecule has 1 atom stereocenters. The molecule has 0 aromatic carbocycles. The van der Waals surface area contributed by atoms with Gasteiger partial charge in [0.1, 0.15) is 11.9 Å². The molecule has 1 amide bonds. The highest BCUT2D eigenvalue weighted by molar-refractivity contribution is 5.70. The number of amides is 1. The number of hydrogen-bond donors (Lipinski definition) is 0. The minimum atomic E-state index is -0.487. The molecule has 0 aromatic heterocycles. The smallest absolute Gasteiger partial charge is 0.410 e. The Labute approximate surface area is 128 Å². The topological polar surface area (TPSA) is 46.6 Å². The van der Waals surface area contributed by atoms with E-state index < -0.39 is 5.60 Å². The molecule has 0 heterocycles. The number of hydrogen-bond acceptors (Lipinski definition) is 3. The first-order valence-corrected chi connectivity index (χ1v) is 8.37. The first-order chi connectivity index (χ1) is 9.92. The Hall–Kier alpha value is -1.06. The first kappa shape index (κ1) is 16.3. The van der Waals surface area contributed by atoms with Crippen molar-refractivity contribution in [1.29, 1.82) is 0 Å². The summed E-state index contributed by atoms with van der Waals surface area (Å²) in [5.74, 6) is 0.475. The van der Waals surface area contributed by atoms with Crippen LogP contribution in [0.4, 0.5) is 4.79 Å². The molecule has 0 aromatic rings. The van der Waals surface area contributed by atoms with Crippen molar-refractivity contribution in [1.82, 2.24) is 4.90 Å². The van der Waals surface area contributed by atoms with Gasteiger partial charge in [-0.3, -0.25) is 0 Å². The van der Waals surface area contributed by atoms with Gasteiger partial charge < -0.3 is 14.4 Å². The third kappa shape index (κ3) is 4.21. The zero-order chi connectivity index (χ0) is 15.5. The van der Waals surface area contributed by atoms with E-state index in [9.17, 15) is 9.59 Å². The fourth-order valence-corrected chi connectivity index (χ4v) is 3.51. The third-order valence-corrected chi connectivity index (χ3v) is 4.71. The molecule has 21 heavy (non-hydrogen) atoms. The van der Waals surface area contributed by atoms with Crippen LogP contribution in [0, 0.1) is 5.92 Å². The fraction of sp³-hybridized carbons (Fsp3) is 0.882.